The fraction of sp³-hybridized carbons (Fsp3) is 0.462. The lowest BCUT2D eigenvalue weighted by Gasteiger charge is -2.15. The van der Waals surface area contributed by atoms with Gasteiger partial charge in [-0.1, -0.05) is 5.16 Å². The first-order valence-electron chi connectivity index (χ1n) is 5.96. The van der Waals surface area contributed by atoms with Crippen molar-refractivity contribution in [3.05, 3.63) is 29.3 Å². The van der Waals surface area contributed by atoms with Gasteiger partial charge in [0.05, 0.1) is 6.10 Å². The van der Waals surface area contributed by atoms with Gasteiger partial charge in [-0.2, -0.15) is 0 Å². The number of amidine groups is 1. The summed E-state index contributed by atoms with van der Waals surface area (Å²) in [6.45, 7) is 1.97. The molecule has 1 saturated carbocycles. The summed E-state index contributed by atoms with van der Waals surface area (Å²) >= 11 is 0. The molecule has 1 aromatic carbocycles. The number of nitrogens with two attached hydrogens (primary N) is 1. The first-order valence-corrected chi connectivity index (χ1v) is 5.96. The molecule has 0 bridgehead atoms. The van der Waals surface area contributed by atoms with E-state index < -0.39 is 0 Å². The van der Waals surface area contributed by atoms with Gasteiger partial charge in [0.2, 0.25) is 0 Å². The molecule has 0 heterocycles. The summed E-state index contributed by atoms with van der Waals surface area (Å²) in [7, 11) is 0. The standard InChI is InChI=1S/C13H18N2O2/c1-9-8-10(13(14)15-16)6-7-12(9)17-11-4-2-3-5-11/h6-8,11,16H,2-5H2,1H3,(H2,14,15). The van der Waals surface area contributed by atoms with E-state index in [1.165, 1.54) is 12.8 Å². The van der Waals surface area contributed by atoms with E-state index in [0.717, 1.165) is 24.2 Å². The van der Waals surface area contributed by atoms with E-state index in [1.54, 1.807) is 0 Å². The van der Waals surface area contributed by atoms with Gasteiger partial charge in [0, 0.05) is 5.56 Å². The fourth-order valence-corrected chi connectivity index (χ4v) is 2.18. The number of benzene rings is 1. The Bertz CT molecular complexity index is 423. The highest BCUT2D eigenvalue weighted by Crippen LogP contribution is 2.26. The smallest absolute Gasteiger partial charge is 0.170 e. The van der Waals surface area contributed by atoms with Crippen LogP contribution in [0.5, 0.6) is 5.75 Å². The Morgan fingerprint density at radius 1 is 1.41 bits per heavy atom. The van der Waals surface area contributed by atoms with Gasteiger partial charge >= 0.3 is 0 Å². The van der Waals surface area contributed by atoms with Crippen LogP contribution in [-0.2, 0) is 0 Å². The van der Waals surface area contributed by atoms with Crippen LogP contribution >= 0.6 is 0 Å². The van der Waals surface area contributed by atoms with Crippen LogP contribution in [0.2, 0.25) is 0 Å². The van der Waals surface area contributed by atoms with Crippen LogP contribution in [0.25, 0.3) is 0 Å². The molecule has 0 unspecified atom stereocenters. The number of nitrogens with zero attached hydrogens (tertiary/aromatic N) is 1. The van der Waals surface area contributed by atoms with Crippen molar-refractivity contribution in [1.82, 2.24) is 0 Å². The van der Waals surface area contributed by atoms with E-state index in [4.69, 9.17) is 15.7 Å². The molecule has 92 valence electrons. The molecule has 17 heavy (non-hydrogen) atoms. The summed E-state index contributed by atoms with van der Waals surface area (Å²) < 4.78 is 5.93. The van der Waals surface area contributed by atoms with Gasteiger partial charge in [0.15, 0.2) is 5.84 Å². The minimum atomic E-state index is 0.125. The SMILES string of the molecule is Cc1cc(/C(N)=N/O)ccc1OC1CCCC1. The fourth-order valence-electron chi connectivity index (χ4n) is 2.18. The third-order valence-electron chi connectivity index (χ3n) is 3.17. The van der Waals surface area contributed by atoms with Crippen LogP contribution in [0.1, 0.15) is 36.8 Å². The summed E-state index contributed by atoms with van der Waals surface area (Å²) in [6, 6.07) is 5.58. The molecule has 0 spiro atoms. The number of aryl methyl sites for hydroxylation is 1. The van der Waals surface area contributed by atoms with E-state index >= 15 is 0 Å². The topological polar surface area (TPSA) is 67.8 Å². The van der Waals surface area contributed by atoms with Crippen molar-refractivity contribution in [3.63, 3.8) is 0 Å². The van der Waals surface area contributed by atoms with Crippen molar-refractivity contribution < 1.29 is 9.94 Å². The highest BCUT2D eigenvalue weighted by Gasteiger charge is 2.17. The van der Waals surface area contributed by atoms with Crippen molar-refractivity contribution in [2.24, 2.45) is 10.9 Å². The van der Waals surface area contributed by atoms with Gasteiger partial charge in [0.1, 0.15) is 5.75 Å². The molecule has 2 rings (SSSR count). The highest BCUT2D eigenvalue weighted by molar-refractivity contribution is 5.97. The number of ether oxygens (including phenoxy) is 1. The molecule has 0 atom stereocenters. The number of hydrogen-bond acceptors (Lipinski definition) is 3. The Labute approximate surface area is 101 Å². The van der Waals surface area contributed by atoms with Crippen molar-refractivity contribution in [3.8, 4) is 5.75 Å². The molecule has 1 aromatic rings. The molecule has 0 aliphatic heterocycles. The Balaban J connectivity index is 2.13. The predicted octanol–water partition coefficient (Wildman–Crippen LogP) is 2.41. The molecule has 4 nitrogen and oxygen atoms in total. The maximum Gasteiger partial charge on any atom is 0.170 e. The molecule has 1 aliphatic rings. The predicted molar refractivity (Wildman–Crippen MR) is 66.6 cm³/mol. The zero-order valence-corrected chi connectivity index (χ0v) is 10.0. The summed E-state index contributed by atoms with van der Waals surface area (Å²) in [6.07, 6.45) is 5.14. The lowest BCUT2D eigenvalue weighted by molar-refractivity contribution is 0.208. The normalized spacial score (nSPS) is 17.4. The minimum absolute atomic E-state index is 0.125. The monoisotopic (exact) mass is 234 g/mol. The Kier molecular flexibility index (Phi) is 3.52. The molecular formula is C13H18N2O2. The van der Waals surface area contributed by atoms with Gasteiger partial charge in [-0.05, 0) is 56.4 Å². The molecule has 1 fully saturated rings. The third-order valence-corrected chi connectivity index (χ3v) is 3.17. The molecule has 1 aliphatic carbocycles. The molecule has 0 saturated heterocycles. The average molecular weight is 234 g/mol. The lowest BCUT2D eigenvalue weighted by atomic mass is 10.1. The maximum absolute atomic E-state index is 8.61. The van der Waals surface area contributed by atoms with E-state index in [9.17, 15) is 0 Å². The molecule has 0 amide bonds. The van der Waals surface area contributed by atoms with Crippen molar-refractivity contribution in [1.29, 1.82) is 0 Å². The van der Waals surface area contributed by atoms with E-state index in [1.807, 2.05) is 25.1 Å². The van der Waals surface area contributed by atoms with Crippen LogP contribution < -0.4 is 10.5 Å². The van der Waals surface area contributed by atoms with Gasteiger partial charge < -0.3 is 15.7 Å². The number of rotatable bonds is 3. The molecule has 0 radical (unpaired) electrons. The molecular weight excluding hydrogens is 216 g/mol. The Morgan fingerprint density at radius 3 is 2.71 bits per heavy atom. The van der Waals surface area contributed by atoms with Crippen LogP contribution in [0.3, 0.4) is 0 Å². The summed E-state index contributed by atoms with van der Waals surface area (Å²) in [5, 5.41) is 11.6. The highest BCUT2D eigenvalue weighted by atomic mass is 16.5. The van der Waals surface area contributed by atoms with Crippen LogP contribution in [0, 0.1) is 6.92 Å². The summed E-state index contributed by atoms with van der Waals surface area (Å²) in [5.74, 6) is 1.02. The van der Waals surface area contributed by atoms with Crippen LogP contribution in [-0.4, -0.2) is 17.1 Å². The summed E-state index contributed by atoms with van der Waals surface area (Å²) in [5.41, 5.74) is 7.26. The van der Waals surface area contributed by atoms with E-state index in [-0.39, 0.29) is 5.84 Å². The second-order valence-corrected chi connectivity index (χ2v) is 4.49. The zero-order chi connectivity index (χ0) is 12.3. The molecule has 3 N–H and O–H groups in total. The van der Waals surface area contributed by atoms with Crippen molar-refractivity contribution in [2.45, 2.75) is 38.7 Å². The van der Waals surface area contributed by atoms with Crippen molar-refractivity contribution in [2.75, 3.05) is 0 Å². The molecule has 0 aromatic heterocycles. The number of hydrogen-bond donors (Lipinski definition) is 2. The van der Waals surface area contributed by atoms with Gasteiger partial charge in [-0.15, -0.1) is 0 Å². The van der Waals surface area contributed by atoms with Gasteiger partial charge in [-0.25, -0.2) is 0 Å². The minimum Gasteiger partial charge on any atom is -0.490 e. The zero-order valence-electron chi connectivity index (χ0n) is 10.0. The second kappa shape index (κ2) is 5.08. The number of oxime groups is 1. The van der Waals surface area contributed by atoms with E-state index in [0.29, 0.717) is 11.7 Å². The Hall–Kier alpha value is -1.71. The largest absolute Gasteiger partial charge is 0.490 e. The van der Waals surface area contributed by atoms with Crippen molar-refractivity contribution >= 4 is 5.84 Å². The molecule has 4 heteroatoms. The lowest BCUT2D eigenvalue weighted by Crippen LogP contribution is -2.14. The first-order chi connectivity index (χ1) is 8.20. The quantitative estimate of drug-likeness (QED) is 0.365. The van der Waals surface area contributed by atoms with Crippen LogP contribution in [0.15, 0.2) is 23.4 Å². The average Bonchev–Trinajstić information content (AvgIpc) is 2.83. The second-order valence-electron chi connectivity index (χ2n) is 4.49. The third kappa shape index (κ3) is 2.70. The van der Waals surface area contributed by atoms with E-state index in [2.05, 4.69) is 5.16 Å². The van der Waals surface area contributed by atoms with Gasteiger partial charge in [0.25, 0.3) is 0 Å². The maximum atomic E-state index is 8.61. The van der Waals surface area contributed by atoms with Gasteiger partial charge in [-0.3, -0.25) is 0 Å². The first kappa shape index (κ1) is 11.8. The Morgan fingerprint density at radius 2 is 2.12 bits per heavy atom. The van der Waals surface area contributed by atoms with Crippen LogP contribution in [0.4, 0.5) is 0 Å². The summed E-state index contributed by atoms with van der Waals surface area (Å²) in [4.78, 5) is 0.